The maximum Gasteiger partial charge on any atom is 0.259 e. The van der Waals surface area contributed by atoms with Gasteiger partial charge in [-0.2, -0.15) is 0 Å². The fraction of sp³-hybridized carbons (Fsp3) is 0.222. The summed E-state index contributed by atoms with van der Waals surface area (Å²) in [7, 11) is 0. The zero-order valence-electron chi connectivity index (χ0n) is 13.3. The lowest BCUT2D eigenvalue weighted by atomic mass is 10.0. The molecule has 0 radical (unpaired) electrons. The zero-order valence-corrected chi connectivity index (χ0v) is 14.8. The number of carbonyl (C=O) groups is 1. The summed E-state index contributed by atoms with van der Waals surface area (Å²) in [5.41, 5.74) is 4.07. The number of allylic oxidation sites excluding steroid dienone is 1. The number of hydrogen-bond acceptors (Lipinski definition) is 2. The van der Waals surface area contributed by atoms with E-state index in [1.807, 2.05) is 13.8 Å². The van der Waals surface area contributed by atoms with Crippen LogP contribution in [0, 0.1) is 20.8 Å². The molecule has 0 spiro atoms. The van der Waals surface area contributed by atoms with Crippen LogP contribution in [0.3, 0.4) is 0 Å². The average Bonchev–Trinajstić information content (AvgIpc) is 2.48. The van der Waals surface area contributed by atoms with E-state index in [9.17, 15) is 4.79 Å². The van der Waals surface area contributed by atoms with Crippen LogP contribution in [0.4, 0.5) is 5.69 Å². The second kappa shape index (κ2) is 7.16. The Balaban J connectivity index is 2.45. The van der Waals surface area contributed by atoms with Crippen molar-refractivity contribution >= 4 is 34.8 Å². The van der Waals surface area contributed by atoms with Gasteiger partial charge in [-0.25, -0.2) is 0 Å². The summed E-state index contributed by atoms with van der Waals surface area (Å²) in [5, 5.41) is 3.88. The monoisotopic (exact) mass is 348 g/mol. The highest BCUT2D eigenvalue weighted by Gasteiger charge is 2.20. The van der Waals surface area contributed by atoms with E-state index in [2.05, 4.69) is 16.9 Å². The summed E-state index contributed by atoms with van der Waals surface area (Å²) in [5.74, 6) is -0.296. The number of anilines is 1. The fourth-order valence-electron chi connectivity index (χ4n) is 2.42. The predicted molar refractivity (Wildman–Crippen MR) is 96.8 cm³/mol. The van der Waals surface area contributed by atoms with Gasteiger partial charge < -0.3 is 5.32 Å². The first kappa shape index (κ1) is 17.5. The number of nitrogens with one attached hydrogen (secondary N) is 1. The lowest BCUT2D eigenvalue weighted by Gasteiger charge is -2.15. The maximum atomic E-state index is 12.7. The van der Waals surface area contributed by atoms with Gasteiger partial charge in [-0.1, -0.05) is 35.3 Å². The fourth-order valence-corrected chi connectivity index (χ4v) is 3.03. The Morgan fingerprint density at radius 2 is 1.96 bits per heavy atom. The minimum Gasteiger partial charge on any atom is -0.322 e. The predicted octanol–water partition coefficient (Wildman–Crippen LogP) is 5.29. The van der Waals surface area contributed by atoms with Crippen LogP contribution < -0.4 is 5.32 Å². The Morgan fingerprint density at radius 3 is 2.61 bits per heavy atom. The first-order chi connectivity index (χ1) is 10.9. The number of benzene rings is 1. The van der Waals surface area contributed by atoms with Gasteiger partial charge in [0, 0.05) is 16.4 Å². The Labute approximate surface area is 146 Å². The summed E-state index contributed by atoms with van der Waals surface area (Å²) in [6.07, 6.45) is 2.31. The quantitative estimate of drug-likeness (QED) is 0.762. The van der Waals surface area contributed by atoms with Crippen molar-refractivity contribution in [2.45, 2.75) is 27.2 Å². The molecule has 0 atom stereocenters. The molecule has 0 aliphatic heterocycles. The molecule has 0 bridgehead atoms. The number of aryl methyl sites for hydroxylation is 2. The molecule has 0 saturated carbocycles. The molecule has 1 aromatic carbocycles. The van der Waals surface area contributed by atoms with Gasteiger partial charge in [0.05, 0.1) is 16.3 Å². The first-order valence-corrected chi connectivity index (χ1v) is 7.95. The van der Waals surface area contributed by atoms with Crippen molar-refractivity contribution in [1.82, 2.24) is 4.98 Å². The van der Waals surface area contributed by atoms with E-state index < -0.39 is 0 Å². The molecular formula is C18H18Cl2N2O. The van der Waals surface area contributed by atoms with Crippen molar-refractivity contribution in [3.63, 3.8) is 0 Å². The van der Waals surface area contributed by atoms with Gasteiger partial charge in [-0.3, -0.25) is 9.78 Å². The summed E-state index contributed by atoms with van der Waals surface area (Å²) < 4.78 is 0. The van der Waals surface area contributed by atoms with Crippen LogP contribution >= 0.6 is 23.2 Å². The van der Waals surface area contributed by atoms with Crippen LogP contribution in [0.2, 0.25) is 10.0 Å². The molecule has 0 aliphatic rings. The summed E-state index contributed by atoms with van der Waals surface area (Å²) in [6.45, 7) is 9.22. The molecular weight excluding hydrogens is 331 g/mol. The van der Waals surface area contributed by atoms with Crippen molar-refractivity contribution in [2.24, 2.45) is 0 Å². The Kier molecular flexibility index (Phi) is 5.45. The maximum absolute atomic E-state index is 12.7. The van der Waals surface area contributed by atoms with E-state index in [0.717, 1.165) is 16.8 Å². The number of rotatable bonds is 4. The van der Waals surface area contributed by atoms with Gasteiger partial charge in [0.2, 0.25) is 0 Å². The highest BCUT2D eigenvalue weighted by Crippen LogP contribution is 2.29. The minimum atomic E-state index is -0.296. The summed E-state index contributed by atoms with van der Waals surface area (Å²) in [4.78, 5) is 17.1. The van der Waals surface area contributed by atoms with E-state index in [1.165, 1.54) is 0 Å². The molecule has 2 rings (SSSR count). The number of amides is 1. The molecule has 1 N–H and O–H groups in total. The molecule has 2 aromatic rings. The van der Waals surface area contributed by atoms with Crippen molar-refractivity contribution in [3.8, 4) is 0 Å². The second-order valence-corrected chi connectivity index (χ2v) is 6.09. The molecule has 1 amide bonds. The molecule has 0 fully saturated rings. The number of pyridine rings is 1. The first-order valence-electron chi connectivity index (χ1n) is 7.19. The number of hydrogen-bond donors (Lipinski definition) is 1. The van der Waals surface area contributed by atoms with Crippen LogP contribution in [0.1, 0.15) is 32.9 Å². The van der Waals surface area contributed by atoms with Gasteiger partial charge in [0.15, 0.2) is 0 Å². The van der Waals surface area contributed by atoms with Crippen molar-refractivity contribution < 1.29 is 4.79 Å². The third-order valence-electron chi connectivity index (χ3n) is 3.71. The molecule has 1 heterocycles. The molecule has 1 aromatic heterocycles. The van der Waals surface area contributed by atoms with Crippen molar-refractivity contribution in [3.05, 3.63) is 69.0 Å². The molecule has 120 valence electrons. The van der Waals surface area contributed by atoms with Crippen molar-refractivity contribution in [1.29, 1.82) is 0 Å². The normalized spacial score (nSPS) is 10.5. The summed E-state index contributed by atoms with van der Waals surface area (Å²) in [6, 6.07) is 5.37. The van der Waals surface area contributed by atoms with Gasteiger partial charge >= 0.3 is 0 Å². The Bertz CT molecular complexity index is 785. The standard InChI is InChI=1S/C18H18Cl2N2O/c1-5-7-13-11(3)21-12(4)16(17(13)20)18(23)22-15-9-6-8-14(19)10(15)2/h5-6,8-9H,1,7H2,2-4H3,(H,22,23). The third-order valence-corrected chi connectivity index (χ3v) is 4.54. The molecule has 0 saturated heterocycles. The topological polar surface area (TPSA) is 42.0 Å². The van der Waals surface area contributed by atoms with Gasteiger partial charge in [0.1, 0.15) is 0 Å². The zero-order chi connectivity index (χ0) is 17.1. The SMILES string of the molecule is C=CCc1c(C)nc(C)c(C(=O)Nc2cccc(Cl)c2C)c1Cl. The molecule has 5 heteroatoms. The van der Waals surface area contributed by atoms with E-state index in [1.54, 1.807) is 31.2 Å². The number of aromatic nitrogens is 1. The minimum absolute atomic E-state index is 0.296. The number of nitrogens with zero attached hydrogens (tertiary/aromatic N) is 1. The third kappa shape index (κ3) is 3.57. The van der Waals surface area contributed by atoms with Crippen LogP contribution in [0.25, 0.3) is 0 Å². The highest BCUT2D eigenvalue weighted by atomic mass is 35.5. The van der Waals surface area contributed by atoms with E-state index in [0.29, 0.717) is 33.4 Å². The lowest BCUT2D eigenvalue weighted by molar-refractivity contribution is 0.102. The van der Waals surface area contributed by atoms with Gasteiger partial charge in [-0.15, -0.1) is 6.58 Å². The van der Waals surface area contributed by atoms with E-state index in [-0.39, 0.29) is 5.91 Å². The largest absolute Gasteiger partial charge is 0.322 e. The lowest BCUT2D eigenvalue weighted by Crippen LogP contribution is -2.17. The Hall–Kier alpha value is -1.84. The van der Waals surface area contributed by atoms with Crippen LogP contribution in [-0.4, -0.2) is 10.9 Å². The van der Waals surface area contributed by atoms with Crippen LogP contribution in [-0.2, 0) is 6.42 Å². The number of carbonyl (C=O) groups excluding carboxylic acids is 1. The van der Waals surface area contributed by atoms with Gasteiger partial charge in [0.25, 0.3) is 5.91 Å². The molecule has 0 unspecified atom stereocenters. The number of halogens is 2. The van der Waals surface area contributed by atoms with Crippen LogP contribution in [0.5, 0.6) is 0 Å². The highest BCUT2D eigenvalue weighted by molar-refractivity contribution is 6.35. The Morgan fingerprint density at radius 1 is 1.26 bits per heavy atom. The molecule has 3 nitrogen and oxygen atoms in total. The van der Waals surface area contributed by atoms with E-state index in [4.69, 9.17) is 23.2 Å². The van der Waals surface area contributed by atoms with Crippen LogP contribution in [0.15, 0.2) is 30.9 Å². The van der Waals surface area contributed by atoms with Gasteiger partial charge in [-0.05, 0) is 50.5 Å². The summed E-state index contributed by atoms with van der Waals surface area (Å²) >= 11 is 12.5. The van der Waals surface area contributed by atoms with E-state index >= 15 is 0 Å². The van der Waals surface area contributed by atoms with Crippen molar-refractivity contribution in [2.75, 3.05) is 5.32 Å². The second-order valence-electron chi connectivity index (χ2n) is 5.31. The molecule has 23 heavy (non-hydrogen) atoms. The smallest absolute Gasteiger partial charge is 0.259 e. The average molecular weight is 349 g/mol. The molecule has 0 aliphatic carbocycles.